The van der Waals surface area contributed by atoms with Crippen molar-refractivity contribution in [3.63, 3.8) is 0 Å². The molecule has 68 valence electrons. The predicted octanol–water partition coefficient (Wildman–Crippen LogP) is 1.09. The van der Waals surface area contributed by atoms with E-state index in [0.29, 0.717) is 0 Å². The molecule has 0 spiro atoms. The minimum Gasteiger partial charge on any atom is -0.271 e. The topological polar surface area (TPSA) is 35.6 Å². The average Bonchev–Trinajstić information content (AvgIpc) is 2.71. The first kappa shape index (κ1) is 8.04. The molecule has 2 heterocycles. The third kappa shape index (κ3) is 1.96. The fourth-order valence-corrected chi connectivity index (χ4v) is 1.23. The second kappa shape index (κ2) is 3.43. The molecule has 0 radical (unpaired) electrons. The Bertz CT molecular complexity index is 361. The lowest BCUT2D eigenvalue weighted by Crippen LogP contribution is -2.08. The van der Waals surface area contributed by atoms with Crippen LogP contribution in [-0.2, 0) is 13.1 Å². The maximum atomic E-state index is 4.29. The summed E-state index contributed by atoms with van der Waals surface area (Å²) in [5.74, 6) is 0. The zero-order valence-electron chi connectivity index (χ0n) is 7.59. The monoisotopic (exact) mass is 176 g/mol. The van der Waals surface area contributed by atoms with Crippen LogP contribution in [0.25, 0.3) is 0 Å². The van der Waals surface area contributed by atoms with Gasteiger partial charge in [0.1, 0.15) is 0 Å². The highest BCUT2D eigenvalue weighted by atomic mass is 15.3. The first-order valence-corrected chi connectivity index (χ1v) is 4.32. The smallest absolute Gasteiger partial charge is 0.0605 e. The van der Waals surface area contributed by atoms with Gasteiger partial charge in [-0.15, -0.1) is 0 Å². The van der Waals surface area contributed by atoms with E-state index in [1.165, 1.54) is 0 Å². The van der Waals surface area contributed by atoms with Gasteiger partial charge in [-0.3, -0.25) is 9.36 Å². The van der Waals surface area contributed by atoms with Crippen LogP contribution in [0, 0.1) is 6.92 Å². The van der Waals surface area contributed by atoms with Gasteiger partial charge in [-0.25, -0.2) is 0 Å². The van der Waals surface area contributed by atoms with E-state index >= 15 is 0 Å². The van der Waals surface area contributed by atoms with Gasteiger partial charge in [-0.2, -0.15) is 10.2 Å². The van der Waals surface area contributed by atoms with Crippen LogP contribution >= 0.6 is 0 Å². The lowest BCUT2D eigenvalue weighted by atomic mass is 10.5. The van der Waals surface area contributed by atoms with E-state index in [1.54, 1.807) is 6.20 Å². The summed E-state index contributed by atoms with van der Waals surface area (Å²) in [5, 5.41) is 8.40. The van der Waals surface area contributed by atoms with Crippen molar-refractivity contribution in [3.05, 3.63) is 36.4 Å². The Labute approximate surface area is 76.8 Å². The molecule has 0 saturated carbocycles. The molecular formula is C9H12N4. The molecule has 0 aliphatic rings. The SMILES string of the molecule is Cc1ccn(CCn2cccn2)n1. The normalized spacial score (nSPS) is 10.5. The molecule has 0 fully saturated rings. The second-order valence-electron chi connectivity index (χ2n) is 2.99. The van der Waals surface area contributed by atoms with Gasteiger partial charge >= 0.3 is 0 Å². The van der Waals surface area contributed by atoms with Crippen LogP contribution in [0.15, 0.2) is 30.7 Å². The Morgan fingerprint density at radius 1 is 1.23 bits per heavy atom. The van der Waals surface area contributed by atoms with Crippen molar-refractivity contribution in [2.75, 3.05) is 0 Å². The summed E-state index contributed by atoms with van der Waals surface area (Å²) in [6, 6.07) is 3.93. The van der Waals surface area contributed by atoms with Crippen LogP contribution in [0.4, 0.5) is 0 Å². The Kier molecular flexibility index (Phi) is 2.12. The zero-order chi connectivity index (χ0) is 9.10. The zero-order valence-corrected chi connectivity index (χ0v) is 7.59. The fourth-order valence-electron chi connectivity index (χ4n) is 1.23. The lowest BCUT2D eigenvalue weighted by molar-refractivity contribution is 0.498. The van der Waals surface area contributed by atoms with E-state index in [4.69, 9.17) is 0 Å². The minimum atomic E-state index is 0.869. The average molecular weight is 176 g/mol. The molecule has 0 atom stereocenters. The molecule has 4 heteroatoms. The van der Waals surface area contributed by atoms with Crippen molar-refractivity contribution in [1.29, 1.82) is 0 Å². The molecule has 13 heavy (non-hydrogen) atoms. The highest BCUT2D eigenvalue weighted by Crippen LogP contribution is 1.93. The summed E-state index contributed by atoms with van der Waals surface area (Å²) < 4.78 is 3.83. The van der Waals surface area contributed by atoms with Crippen LogP contribution in [0.5, 0.6) is 0 Å². The lowest BCUT2D eigenvalue weighted by Gasteiger charge is -2.01. The minimum absolute atomic E-state index is 0.869. The van der Waals surface area contributed by atoms with Crippen LogP contribution in [0.1, 0.15) is 5.69 Å². The molecule has 0 aromatic carbocycles. The van der Waals surface area contributed by atoms with Gasteiger partial charge in [0.05, 0.1) is 18.8 Å². The highest BCUT2D eigenvalue weighted by molar-refractivity contribution is 4.94. The summed E-state index contributed by atoms with van der Waals surface area (Å²) in [6.45, 7) is 3.73. The third-order valence-electron chi connectivity index (χ3n) is 1.89. The number of aryl methyl sites for hydroxylation is 3. The molecule has 0 amide bonds. The molecule has 2 aromatic rings. The van der Waals surface area contributed by atoms with Gasteiger partial charge in [0.25, 0.3) is 0 Å². The number of rotatable bonds is 3. The first-order valence-electron chi connectivity index (χ1n) is 4.32. The fraction of sp³-hybridized carbons (Fsp3) is 0.333. The van der Waals surface area contributed by atoms with Crippen LogP contribution < -0.4 is 0 Å². The molecule has 0 saturated heterocycles. The summed E-state index contributed by atoms with van der Waals surface area (Å²) in [6.07, 6.45) is 5.73. The van der Waals surface area contributed by atoms with E-state index in [2.05, 4.69) is 10.2 Å². The maximum Gasteiger partial charge on any atom is 0.0605 e. The number of hydrogen-bond acceptors (Lipinski definition) is 2. The molecule has 0 bridgehead atoms. The largest absolute Gasteiger partial charge is 0.271 e. The standard InChI is InChI=1S/C9H12N4/c1-9-3-6-13(11-9)8-7-12-5-2-4-10-12/h2-6H,7-8H2,1H3. The van der Waals surface area contributed by atoms with E-state index < -0.39 is 0 Å². The Hall–Kier alpha value is -1.58. The highest BCUT2D eigenvalue weighted by Gasteiger charge is 1.94. The summed E-state index contributed by atoms with van der Waals surface area (Å²) in [5.41, 5.74) is 1.06. The van der Waals surface area contributed by atoms with Crippen molar-refractivity contribution in [2.24, 2.45) is 0 Å². The predicted molar refractivity (Wildman–Crippen MR) is 49.2 cm³/mol. The Morgan fingerprint density at radius 3 is 2.69 bits per heavy atom. The molecule has 0 unspecified atom stereocenters. The van der Waals surface area contributed by atoms with Crippen LogP contribution in [0.2, 0.25) is 0 Å². The van der Waals surface area contributed by atoms with Gasteiger partial charge in [0.15, 0.2) is 0 Å². The van der Waals surface area contributed by atoms with E-state index in [9.17, 15) is 0 Å². The Balaban J connectivity index is 1.93. The molecule has 2 aromatic heterocycles. The van der Waals surface area contributed by atoms with E-state index in [1.807, 2.05) is 40.8 Å². The molecule has 0 aliphatic carbocycles. The van der Waals surface area contributed by atoms with Gasteiger partial charge in [-0.05, 0) is 19.1 Å². The van der Waals surface area contributed by atoms with Crippen LogP contribution in [-0.4, -0.2) is 19.6 Å². The van der Waals surface area contributed by atoms with Gasteiger partial charge < -0.3 is 0 Å². The Morgan fingerprint density at radius 2 is 2.08 bits per heavy atom. The summed E-state index contributed by atoms with van der Waals surface area (Å²) >= 11 is 0. The molecule has 2 rings (SSSR count). The molecule has 0 N–H and O–H groups in total. The van der Waals surface area contributed by atoms with Gasteiger partial charge in [-0.1, -0.05) is 0 Å². The third-order valence-corrected chi connectivity index (χ3v) is 1.89. The van der Waals surface area contributed by atoms with Crippen LogP contribution in [0.3, 0.4) is 0 Å². The van der Waals surface area contributed by atoms with Gasteiger partial charge in [0, 0.05) is 18.6 Å². The van der Waals surface area contributed by atoms with E-state index in [-0.39, 0.29) is 0 Å². The van der Waals surface area contributed by atoms with Gasteiger partial charge in [0.2, 0.25) is 0 Å². The first-order chi connectivity index (χ1) is 6.34. The molecular weight excluding hydrogens is 164 g/mol. The molecule has 0 aliphatic heterocycles. The summed E-state index contributed by atoms with van der Waals surface area (Å²) in [4.78, 5) is 0. The maximum absolute atomic E-state index is 4.29. The van der Waals surface area contributed by atoms with E-state index in [0.717, 1.165) is 18.8 Å². The number of hydrogen-bond donors (Lipinski definition) is 0. The second-order valence-corrected chi connectivity index (χ2v) is 2.99. The summed E-state index contributed by atoms with van der Waals surface area (Å²) in [7, 11) is 0. The van der Waals surface area contributed by atoms with Crippen molar-refractivity contribution < 1.29 is 0 Å². The number of aromatic nitrogens is 4. The molecule has 4 nitrogen and oxygen atoms in total. The van der Waals surface area contributed by atoms with Crippen molar-refractivity contribution in [1.82, 2.24) is 19.6 Å². The van der Waals surface area contributed by atoms with Crippen molar-refractivity contribution in [3.8, 4) is 0 Å². The van der Waals surface area contributed by atoms with Crippen molar-refractivity contribution >= 4 is 0 Å². The van der Waals surface area contributed by atoms with Crippen molar-refractivity contribution in [2.45, 2.75) is 20.0 Å². The quantitative estimate of drug-likeness (QED) is 0.701. The number of nitrogens with zero attached hydrogens (tertiary/aromatic N) is 4.